The first-order valence-electron chi connectivity index (χ1n) is 6.21. The molecule has 0 fully saturated rings. The first-order chi connectivity index (χ1) is 8.06. The smallest absolute Gasteiger partial charge is 0.120 e. The van der Waals surface area contributed by atoms with Crippen LogP contribution in [0.15, 0.2) is 12.1 Å². The monoisotopic (exact) mass is 236 g/mol. The van der Waals surface area contributed by atoms with Gasteiger partial charge in [0.25, 0.3) is 0 Å². The highest BCUT2D eigenvalue weighted by Gasteiger charge is 2.09. The minimum atomic E-state index is 0.402. The summed E-state index contributed by atoms with van der Waals surface area (Å²) in [7, 11) is 4.03. The zero-order valence-corrected chi connectivity index (χ0v) is 11.2. The van der Waals surface area contributed by atoms with Crippen LogP contribution in [0, 0.1) is 6.92 Å². The van der Waals surface area contributed by atoms with E-state index in [1.165, 1.54) is 11.1 Å². The van der Waals surface area contributed by atoms with Gasteiger partial charge in [-0.1, -0.05) is 6.07 Å². The maximum absolute atomic E-state index is 9.89. The molecule has 0 radical (unpaired) electrons. The zero-order valence-electron chi connectivity index (χ0n) is 11.2. The Morgan fingerprint density at radius 1 is 1.24 bits per heavy atom. The molecule has 0 bridgehead atoms. The number of phenolic OH excluding ortho intramolecular Hbond substituents is 1. The van der Waals surface area contributed by atoms with Gasteiger partial charge in [-0.05, 0) is 64.0 Å². The van der Waals surface area contributed by atoms with E-state index in [0.717, 1.165) is 37.9 Å². The van der Waals surface area contributed by atoms with Crippen LogP contribution < -0.4 is 5.73 Å². The van der Waals surface area contributed by atoms with E-state index < -0.39 is 0 Å². The van der Waals surface area contributed by atoms with Crippen molar-refractivity contribution in [1.82, 2.24) is 4.90 Å². The topological polar surface area (TPSA) is 49.5 Å². The summed E-state index contributed by atoms with van der Waals surface area (Å²) in [5.41, 5.74) is 9.09. The van der Waals surface area contributed by atoms with Crippen LogP contribution in [-0.4, -0.2) is 30.6 Å². The van der Waals surface area contributed by atoms with Gasteiger partial charge >= 0.3 is 0 Å². The first kappa shape index (κ1) is 14.0. The lowest BCUT2D eigenvalue weighted by Gasteiger charge is -2.16. The standard InChI is InChI=1S/C14H24N2O/c1-11-12(6-4-5-9-15)7-8-14(17)13(11)10-16(2)3/h7-8,17H,4-6,9-10,15H2,1-3H3. The second kappa shape index (κ2) is 6.62. The molecule has 17 heavy (non-hydrogen) atoms. The van der Waals surface area contributed by atoms with Crippen LogP contribution in [0.3, 0.4) is 0 Å². The van der Waals surface area contributed by atoms with Gasteiger partial charge in [-0.2, -0.15) is 0 Å². The number of hydrogen-bond donors (Lipinski definition) is 2. The average Bonchev–Trinajstić information content (AvgIpc) is 2.27. The van der Waals surface area contributed by atoms with Gasteiger partial charge in [0.15, 0.2) is 0 Å². The minimum Gasteiger partial charge on any atom is -0.508 e. The highest BCUT2D eigenvalue weighted by molar-refractivity contribution is 5.43. The molecule has 1 aromatic rings. The van der Waals surface area contributed by atoms with E-state index in [1.54, 1.807) is 0 Å². The van der Waals surface area contributed by atoms with Gasteiger partial charge in [0, 0.05) is 12.1 Å². The van der Waals surface area contributed by atoms with Crippen LogP contribution in [0.2, 0.25) is 0 Å². The zero-order chi connectivity index (χ0) is 12.8. The number of nitrogens with two attached hydrogens (primary N) is 1. The highest BCUT2D eigenvalue weighted by atomic mass is 16.3. The summed E-state index contributed by atoms with van der Waals surface area (Å²) in [6.45, 7) is 3.63. The molecule has 0 atom stereocenters. The summed E-state index contributed by atoms with van der Waals surface area (Å²) in [6.07, 6.45) is 3.22. The fourth-order valence-electron chi connectivity index (χ4n) is 2.04. The number of nitrogens with zero attached hydrogens (tertiary/aromatic N) is 1. The summed E-state index contributed by atoms with van der Waals surface area (Å²) in [6, 6.07) is 3.84. The summed E-state index contributed by atoms with van der Waals surface area (Å²) >= 11 is 0. The van der Waals surface area contributed by atoms with E-state index in [0.29, 0.717) is 5.75 Å². The second-order valence-electron chi connectivity index (χ2n) is 4.83. The Labute approximate surface area is 104 Å². The number of aromatic hydroxyl groups is 1. The van der Waals surface area contributed by atoms with E-state index in [4.69, 9.17) is 5.73 Å². The molecular weight excluding hydrogens is 212 g/mol. The number of phenols is 1. The molecule has 0 saturated heterocycles. The highest BCUT2D eigenvalue weighted by Crippen LogP contribution is 2.26. The van der Waals surface area contributed by atoms with Crippen molar-refractivity contribution >= 4 is 0 Å². The Bertz CT molecular complexity index is 361. The first-order valence-corrected chi connectivity index (χ1v) is 6.21. The molecule has 0 aliphatic carbocycles. The predicted molar refractivity (Wildman–Crippen MR) is 72.2 cm³/mol. The summed E-state index contributed by atoms with van der Waals surface area (Å²) < 4.78 is 0. The molecule has 0 aliphatic rings. The Morgan fingerprint density at radius 2 is 1.94 bits per heavy atom. The molecule has 0 aliphatic heterocycles. The molecule has 0 amide bonds. The summed E-state index contributed by atoms with van der Waals surface area (Å²) in [4.78, 5) is 2.08. The van der Waals surface area contributed by atoms with Crippen molar-refractivity contribution < 1.29 is 5.11 Å². The molecule has 96 valence electrons. The van der Waals surface area contributed by atoms with Crippen LogP contribution in [0.4, 0.5) is 0 Å². The van der Waals surface area contributed by atoms with Crippen molar-refractivity contribution in [3.8, 4) is 5.75 Å². The van der Waals surface area contributed by atoms with Crippen LogP contribution in [0.1, 0.15) is 29.5 Å². The van der Waals surface area contributed by atoms with Crippen LogP contribution in [-0.2, 0) is 13.0 Å². The Balaban J connectivity index is 2.85. The fraction of sp³-hybridized carbons (Fsp3) is 0.571. The summed E-state index contributed by atoms with van der Waals surface area (Å²) in [5.74, 6) is 0.402. The van der Waals surface area contributed by atoms with Crippen molar-refractivity contribution in [3.63, 3.8) is 0 Å². The number of unbranched alkanes of at least 4 members (excludes halogenated alkanes) is 1. The van der Waals surface area contributed by atoms with Crippen molar-refractivity contribution in [2.75, 3.05) is 20.6 Å². The number of rotatable bonds is 6. The SMILES string of the molecule is Cc1c(CCCCN)ccc(O)c1CN(C)C. The van der Waals surface area contributed by atoms with Gasteiger partial charge in [0.2, 0.25) is 0 Å². The summed E-state index contributed by atoms with van der Waals surface area (Å²) in [5, 5.41) is 9.89. The molecule has 0 aromatic heterocycles. The largest absolute Gasteiger partial charge is 0.508 e. The Morgan fingerprint density at radius 3 is 2.53 bits per heavy atom. The number of benzene rings is 1. The average molecular weight is 236 g/mol. The molecule has 0 heterocycles. The lowest BCUT2D eigenvalue weighted by molar-refractivity contribution is 0.384. The second-order valence-corrected chi connectivity index (χ2v) is 4.83. The third-order valence-electron chi connectivity index (χ3n) is 3.06. The number of aryl methyl sites for hydroxylation is 1. The van der Waals surface area contributed by atoms with Gasteiger partial charge in [-0.25, -0.2) is 0 Å². The molecule has 3 heteroatoms. The molecule has 0 spiro atoms. The molecule has 3 nitrogen and oxygen atoms in total. The normalized spacial score (nSPS) is 11.1. The lowest BCUT2D eigenvalue weighted by Crippen LogP contribution is -2.12. The Hall–Kier alpha value is -1.06. The van der Waals surface area contributed by atoms with E-state index in [2.05, 4.69) is 11.8 Å². The van der Waals surface area contributed by atoms with Crippen LogP contribution in [0.5, 0.6) is 5.75 Å². The van der Waals surface area contributed by atoms with Crippen molar-refractivity contribution in [1.29, 1.82) is 0 Å². The van der Waals surface area contributed by atoms with E-state index in [-0.39, 0.29) is 0 Å². The van der Waals surface area contributed by atoms with Crippen molar-refractivity contribution in [3.05, 3.63) is 28.8 Å². The van der Waals surface area contributed by atoms with Gasteiger partial charge in [-0.3, -0.25) is 0 Å². The van der Waals surface area contributed by atoms with Crippen LogP contribution >= 0.6 is 0 Å². The molecule has 3 N–H and O–H groups in total. The molecular formula is C14H24N2O. The van der Waals surface area contributed by atoms with E-state index in [1.807, 2.05) is 26.2 Å². The minimum absolute atomic E-state index is 0.402. The van der Waals surface area contributed by atoms with Gasteiger partial charge in [0.1, 0.15) is 5.75 Å². The predicted octanol–water partition coefficient (Wildman–Crippen LogP) is 2.04. The van der Waals surface area contributed by atoms with Crippen LogP contribution in [0.25, 0.3) is 0 Å². The molecule has 1 aromatic carbocycles. The van der Waals surface area contributed by atoms with Gasteiger partial charge in [0.05, 0.1) is 0 Å². The quantitative estimate of drug-likeness (QED) is 0.743. The molecule has 0 saturated carbocycles. The van der Waals surface area contributed by atoms with Gasteiger partial charge in [-0.15, -0.1) is 0 Å². The molecule has 0 unspecified atom stereocenters. The maximum Gasteiger partial charge on any atom is 0.120 e. The molecule has 1 rings (SSSR count). The van der Waals surface area contributed by atoms with Crippen molar-refractivity contribution in [2.24, 2.45) is 5.73 Å². The lowest BCUT2D eigenvalue weighted by atomic mass is 9.97. The van der Waals surface area contributed by atoms with Crippen molar-refractivity contribution in [2.45, 2.75) is 32.7 Å². The third kappa shape index (κ3) is 4.02. The van der Waals surface area contributed by atoms with E-state index >= 15 is 0 Å². The maximum atomic E-state index is 9.89. The third-order valence-corrected chi connectivity index (χ3v) is 3.06. The van der Waals surface area contributed by atoms with E-state index in [9.17, 15) is 5.11 Å². The Kier molecular flexibility index (Phi) is 5.45. The fourth-order valence-corrected chi connectivity index (χ4v) is 2.04. The number of hydrogen-bond acceptors (Lipinski definition) is 3. The van der Waals surface area contributed by atoms with Gasteiger partial charge < -0.3 is 15.7 Å².